The summed E-state index contributed by atoms with van der Waals surface area (Å²) < 4.78 is 13.8. The van der Waals surface area contributed by atoms with Gasteiger partial charge in [-0.3, -0.25) is 0 Å². The Balaban J connectivity index is 2.51. The zero-order valence-corrected chi connectivity index (χ0v) is 9.10. The van der Waals surface area contributed by atoms with E-state index in [0.717, 1.165) is 24.9 Å². The molecule has 0 bridgehead atoms. The topological polar surface area (TPSA) is 32.3 Å². The van der Waals surface area contributed by atoms with Gasteiger partial charge in [-0.15, -0.1) is 0 Å². The van der Waals surface area contributed by atoms with E-state index in [1.807, 2.05) is 19.9 Å². The number of nitrogens with one attached hydrogen (secondary N) is 1. The number of hydrogen-bond donors (Lipinski definition) is 2. The van der Waals surface area contributed by atoms with Gasteiger partial charge in [-0.05, 0) is 44.9 Å². The second-order valence-corrected chi connectivity index (χ2v) is 4.51. The molecule has 2 N–H and O–H groups in total. The minimum absolute atomic E-state index is 0.250. The molecule has 82 valence electrons. The molecule has 0 saturated carbocycles. The minimum Gasteiger partial charge on any atom is -0.505 e. The van der Waals surface area contributed by atoms with E-state index in [0.29, 0.717) is 5.56 Å². The molecule has 1 aromatic carbocycles. The van der Waals surface area contributed by atoms with Crippen LogP contribution in [0.1, 0.15) is 30.9 Å². The van der Waals surface area contributed by atoms with Crippen molar-refractivity contribution in [2.24, 2.45) is 0 Å². The van der Waals surface area contributed by atoms with Gasteiger partial charge in [0, 0.05) is 11.1 Å². The summed E-state index contributed by atoms with van der Waals surface area (Å²) in [5.74, 6) is -0.738. The molecule has 1 aliphatic rings. The van der Waals surface area contributed by atoms with Crippen molar-refractivity contribution >= 4 is 0 Å². The molecule has 1 unspecified atom stereocenters. The summed E-state index contributed by atoms with van der Waals surface area (Å²) in [7, 11) is 0. The van der Waals surface area contributed by atoms with Gasteiger partial charge in [-0.1, -0.05) is 6.07 Å². The van der Waals surface area contributed by atoms with Crippen molar-refractivity contribution in [1.29, 1.82) is 0 Å². The van der Waals surface area contributed by atoms with E-state index in [9.17, 15) is 9.50 Å². The first-order valence-electron chi connectivity index (χ1n) is 5.27. The van der Waals surface area contributed by atoms with Crippen molar-refractivity contribution in [3.05, 3.63) is 29.1 Å². The highest BCUT2D eigenvalue weighted by Crippen LogP contribution is 2.35. The highest BCUT2D eigenvalue weighted by atomic mass is 19.1. The highest BCUT2D eigenvalue weighted by molar-refractivity contribution is 5.39. The van der Waals surface area contributed by atoms with Crippen LogP contribution < -0.4 is 5.32 Å². The van der Waals surface area contributed by atoms with E-state index in [-0.39, 0.29) is 11.3 Å². The predicted molar refractivity (Wildman–Crippen MR) is 57.4 cm³/mol. The first kappa shape index (κ1) is 10.4. The van der Waals surface area contributed by atoms with E-state index in [1.165, 1.54) is 6.07 Å². The molecule has 2 nitrogen and oxygen atoms in total. The van der Waals surface area contributed by atoms with Gasteiger partial charge in [0.15, 0.2) is 11.6 Å². The molecule has 3 heteroatoms. The molecule has 0 aromatic heterocycles. The lowest BCUT2D eigenvalue weighted by Gasteiger charge is -2.26. The molecule has 2 rings (SSSR count). The van der Waals surface area contributed by atoms with E-state index in [2.05, 4.69) is 5.32 Å². The Hall–Kier alpha value is -1.09. The summed E-state index contributed by atoms with van der Waals surface area (Å²) in [6.07, 6.45) is 1.96. The van der Waals surface area contributed by atoms with Crippen LogP contribution in [0.15, 0.2) is 12.1 Å². The molecule has 0 amide bonds. The third-order valence-corrected chi connectivity index (χ3v) is 3.16. The van der Waals surface area contributed by atoms with E-state index >= 15 is 0 Å². The van der Waals surface area contributed by atoms with E-state index in [1.54, 1.807) is 0 Å². The maximum absolute atomic E-state index is 13.8. The van der Waals surface area contributed by atoms with E-state index < -0.39 is 5.82 Å². The number of rotatable bonds is 1. The van der Waals surface area contributed by atoms with Gasteiger partial charge in [0.2, 0.25) is 0 Å². The zero-order valence-electron chi connectivity index (χ0n) is 9.10. The summed E-state index contributed by atoms with van der Waals surface area (Å²) in [6, 6.07) is 3.27. The monoisotopic (exact) mass is 209 g/mol. The number of phenolic OH excluding ortho intramolecular Hbond substituents is 1. The van der Waals surface area contributed by atoms with Crippen LogP contribution in [0, 0.1) is 12.7 Å². The molecule has 1 aromatic rings. The third-order valence-electron chi connectivity index (χ3n) is 3.16. The quantitative estimate of drug-likeness (QED) is 0.744. The van der Waals surface area contributed by atoms with Crippen LogP contribution in [0.3, 0.4) is 0 Å². The molecular formula is C12H16FNO. The standard InChI is InChI=1S/C12H16FNO/c1-8-6-9(11(13)10(15)7-8)12(2)4-3-5-14-12/h6-7,14-15H,3-5H2,1-2H3. The van der Waals surface area contributed by atoms with Crippen molar-refractivity contribution < 1.29 is 9.50 Å². The molecule has 1 saturated heterocycles. The Kier molecular flexibility index (Phi) is 2.43. The normalized spacial score (nSPS) is 25.8. The Morgan fingerprint density at radius 1 is 1.47 bits per heavy atom. The van der Waals surface area contributed by atoms with Crippen LogP contribution in [0.5, 0.6) is 5.75 Å². The molecule has 1 heterocycles. The van der Waals surface area contributed by atoms with Crippen LogP contribution in [0.2, 0.25) is 0 Å². The van der Waals surface area contributed by atoms with Crippen molar-refractivity contribution in [3.63, 3.8) is 0 Å². The maximum Gasteiger partial charge on any atom is 0.169 e. The van der Waals surface area contributed by atoms with Crippen LogP contribution in [-0.4, -0.2) is 11.7 Å². The van der Waals surface area contributed by atoms with E-state index in [4.69, 9.17) is 0 Å². The van der Waals surface area contributed by atoms with Crippen molar-refractivity contribution in [3.8, 4) is 5.75 Å². The number of benzene rings is 1. The third kappa shape index (κ3) is 1.72. The first-order chi connectivity index (χ1) is 7.03. The molecule has 0 aliphatic carbocycles. The van der Waals surface area contributed by atoms with Gasteiger partial charge >= 0.3 is 0 Å². The van der Waals surface area contributed by atoms with Crippen LogP contribution >= 0.6 is 0 Å². The molecule has 1 atom stereocenters. The fourth-order valence-corrected chi connectivity index (χ4v) is 2.28. The van der Waals surface area contributed by atoms with Gasteiger partial charge in [-0.2, -0.15) is 0 Å². The SMILES string of the molecule is Cc1cc(O)c(F)c(C2(C)CCCN2)c1. The smallest absolute Gasteiger partial charge is 0.169 e. The molecule has 1 fully saturated rings. The van der Waals surface area contributed by atoms with Crippen molar-refractivity contribution in [2.45, 2.75) is 32.2 Å². The number of aromatic hydroxyl groups is 1. The summed E-state index contributed by atoms with van der Waals surface area (Å²) in [5.41, 5.74) is 1.14. The van der Waals surface area contributed by atoms with Crippen LogP contribution in [0.4, 0.5) is 4.39 Å². The Labute approximate surface area is 89.1 Å². The van der Waals surface area contributed by atoms with Gasteiger partial charge in [0.25, 0.3) is 0 Å². The average Bonchev–Trinajstić information content (AvgIpc) is 2.59. The summed E-state index contributed by atoms with van der Waals surface area (Å²) in [6.45, 7) is 4.75. The zero-order chi connectivity index (χ0) is 11.1. The predicted octanol–water partition coefficient (Wildman–Crippen LogP) is 2.44. The largest absolute Gasteiger partial charge is 0.505 e. The van der Waals surface area contributed by atoms with Crippen LogP contribution in [0.25, 0.3) is 0 Å². The minimum atomic E-state index is -0.488. The molecular weight excluding hydrogens is 193 g/mol. The fraction of sp³-hybridized carbons (Fsp3) is 0.500. The lowest BCUT2D eigenvalue weighted by molar-refractivity contribution is 0.382. The Morgan fingerprint density at radius 3 is 2.80 bits per heavy atom. The summed E-state index contributed by atoms with van der Waals surface area (Å²) in [5, 5.41) is 12.7. The second kappa shape index (κ2) is 3.49. The average molecular weight is 209 g/mol. The number of aryl methyl sites for hydroxylation is 1. The lowest BCUT2D eigenvalue weighted by Crippen LogP contribution is -2.34. The molecule has 15 heavy (non-hydrogen) atoms. The van der Waals surface area contributed by atoms with Gasteiger partial charge in [-0.25, -0.2) is 4.39 Å². The second-order valence-electron chi connectivity index (χ2n) is 4.51. The number of phenols is 1. The first-order valence-corrected chi connectivity index (χ1v) is 5.27. The Morgan fingerprint density at radius 2 is 2.20 bits per heavy atom. The molecule has 0 radical (unpaired) electrons. The van der Waals surface area contributed by atoms with Crippen molar-refractivity contribution in [2.75, 3.05) is 6.54 Å². The van der Waals surface area contributed by atoms with Crippen LogP contribution in [-0.2, 0) is 5.54 Å². The fourth-order valence-electron chi connectivity index (χ4n) is 2.28. The van der Waals surface area contributed by atoms with Gasteiger partial charge in [0.1, 0.15) is 0 Å². The highest BCUT2D eigenvalue weighted by Gasteiger charge is 2.33. The number of halogens is 1. The Bertz CT molecular complexity index is 383. The van der Waals surface area contributed by atoms with Crippen molar-refractivity contribution in [1.82, 2.24) is 5.32 Å². The molecule has 1 aliphatic heterocycles. The number of hydrogen-bond acceptors (Lipinski definition) is 2. The van der Waals surface area contributed by atoms with Gasteiger partial charge < -0.3 is 10.4 Å². The summed E-state index contributed by atoms with van der Waals surface area (Å²) in [4.78, 5) is 0. The lowest BCUT2D eigenvalue weighted by atomic mass is 9.89. The maximum atomic E-state index is 13.8. The summed E-state index contributed by atoms with van der Waals surface area (Å²) >= 11 is 0. The van der Waals surface area contributed by atoms with Gasteiger partial charge in [0.05, 0.1) is 0 Å². The molecule has 0 spiro atoms.